The van der Waals surface area contributed by atoms with E-state index in [9.17, 15) is 4.79 Å². The van der Waals surface area contributed by atoms with Crippen LogP contribution in [0.3, 0.4) is 0 Å². The van der Waals surface area contributed by atoms with Crippen LogP contribution in [0.2, 0.25) is 5.02 Å². The molecule has 6 nitrogen and oxygen atoms in total. The molecule has 1 N–H and O–H groups in total. The Balaban J connectivity index is 1.74. The molecule has 0 radical (unpaired) electrons. The summed E-state index contributed by atoms with van der Waals surface area (Å²) in [5.41, 5.74) is 1.20. The van der Waals surface area contributed by atoms with Gasteiger partial charge in [-0.05, 0) is 19.1 Å². The zero-order chi connectivity index (χ0) is 15.5. The van der Waals surface area contributed by atoms with Gasteiger partial charge in [-0.2, -0.15) is 0 Å². The Morgan fingerprint density at radius 2 is 2.23 bits per heavy atom. The van der Waals surface area contributed by atoms with Crippen molar-refractivity contribution in [3.63, 3.8) is 0 Å². The molecule has 114 valence electrons. The second-order valence-corrected chi connectivity index (χ2v) is 5.08. The van der Waals surface area contributed by atoms with Crippen molar-refractivity contribution in [1.82, 2.24) is 9.97 Å². The molecule has 0 aliphatic carbocycles. The molecule has 2 aromatic rings. The lowest BCUT2D eigenvalue weighted by Gasteiger charge is -2.12. The zero-order valence-corrected chi connectivity index (χ0v) is 12.6. The first-order valence-electron chi connectivity index (χ1n) is 6.86. The van der Waals surface area contributed by atoms with Gasteiger partial charge < -0.3 is 14.8 Å². The van der Waals surface area contributed by atoms with Crippen LogP contribution in [0.15, 0.2) is 30.6 Å². The molecule has 22 heavy (non-hydrogen) atoms. The second-order valence-electron chi connectivity index (χ2n) is 4.68. The Labute approximate surface area is 132 Å². The van der Waals surface area contributed by atoms with Gasteiger partial charge in [0, 0.05) is 23.0 Å². The number of nitrogens with zero attached hydrogens (tertiary/aromatic N) is 2. The van der Waals surface area contributed by atoms with Gasteiger partial charge in [0.05, 0.1) is 18.2 Å². The van der Waals surface area contributed by atoms with Gasteiger partial charge >= 0.3 is 5.97 Å². The molecule has 3 rings (SSSR count). The van der Waals surface area contributed by atoms with Gasteiger partial charge in [0.2, 0.25) is 5.95 Å². The van der Waals surface area contributed by atoms with E-state index in [0.29, 0.717) is 29.7 Å². The van der Waals surface area contributed by atoms with Gasteiger partial charge in [-0.3, -0.25) is 0 Å². The van der Waals surface area contributed by atoms with Crippen LogP contribution in [-0.2, 0) is 4.74 Å². The minimum atomic E-state index is -0.438. The van der Waals surface area contributed by atoms with Crippen molar-refractivity contribution in [2.45, 2.75) is 13.0 Å². The van der Waals surface area contributed by atoms with Crippen molar-refractivity contribution in [2.75, 3.05) is 18.5 Å². The van der Waals surface area contributed by atoms with Crippen LogP contribution in [-0.4, -0.2) is 29.2 Å². The number of anilines is 1. The number of fused-ring (bicyclic) bond motifs is 1. The highest BCUT2D eigenvalue weighted by Crippen LogP contribution is 2.38. The average molecular weight is 320 g/mol. The number of hydrogen-bond acceptors (Lipinski definition) is 6. The molecule has 0 bridgehead atoms. The van der Waals surface area contributed by atoms with E-state index in [-0.39, 0.29) is 6.04 Å². The van der Waals surface area contributed by atoms with E-state index < -0.39 is 5.97 Å². The minimum Gasteiger partial charge on any atom is -0.491 e. The normalized spacial score (nSPS) is 15.8. The van der Waals surface area contributed by atoms with Gasteiger partial charge in [-0.1, -0.05) is 17.7 Å². The molecule has 0 spiro atoms. The SMILES string of the molecule is CCOC(=O)c1cnc(NC2COc3cccc(Cl)c32)nc1. The summed E-state index contributed by atoms with van der Waals surface area (Å²) in [6, 6.07) is 5.40. The fourth-order valence-electron chi connectivity index (χ4n) is 2.23. The molecule has 7 heteroatoms. The lowest BCUT2D eigenvalue weighted by molar-refractivity contribution is 0.0525. The number of aromatic nitrogens is 2. The molecule has 0 saturated heterocycles. The van der Waals surface area contributed by atoms with E-state index >= 15 is 0 Å². The number of ether oxygens (including phenoxy) is 2. The first-order valence-corrected chi connectivity index (χ1v) is 7.23. The Hall–Kier alpha value is -2.34. The molecule has 1 aromatic carbocycles. The fraction of sp³-hybridized carbons (Fsp3) is 0.267. The number of carbonyl (C=O) groups is 1. The third kappa shape index (κ3) is 2.82. The molecule has 1 aliphatic rings. The number of benzene rings is 1. The van der Waals surface area contributed by atoms with E-state index in [1.807, 2.05) is 18.2 Å². The maximum absolute atomic E-state index is 11.5. The van der Waals surface area contributed by atoms with Crippen molar-refractivity contribution in [3.05, 3.63) is 46.7 Å². The lowest BCUT2D eigenvalue weighted by Crippen LogP contribution is -2.15. The molecule has 1 unspecified atom stereocenters. The topological polar surface area (TPSA) is 73.3 Å². The Morgan fingerprint density at radius 3 is 2.95 bits per heavy atom. The summed E-state index contributed by atoms with van der Waals surface area (Å²) < 4.78 is 10.5. The number of nitrogens with one attached hydrogen (secondary N) is 1. The summed E-state index contributed by atoms with van der Waals surface area (Å²) >= 11 is 6.21. The second kappa shape index (κ2) is 6.19. The average Bonchev–Trinajstić information content (AvgIpc) is 2.93. The van der Waals surface area contributed by atoms with Gasteiger partial charge in [-0.25, -0.2) is 14.8 Å². The Bertz CT molecular complexity index is 691. The van der Waals surface area contributed by atoms with Crippen molar-refractivity contribution in [1.29, 1.82) is 0 Å². The van der Waals surface area contributed by atoms with Crippen LogP contribution in [0.5, 0.6) is 5.75 Å². The van der Waals surface area contributed by atoms with Crippen LogP contribution in [0, 0.1) is 0 Å². The van der Waals surface area contributed by atoms with Crippen LogP contribution >= 0.6 is 11.6 Å². The minimum absolute atomic E-state index is 0.128. The van der Waals surface area contributed by atoms with Gasteiger partial charge in [-0.15, -0.1) is 0 Å². The number of carbonyl (C=O) groups excluding carboxylic acids is 1. The molecular weight excluding hydrogens is 306 g/mol. The standard InChI is InChI=1S/C15H14ClN3O3/c1-2-21-14(20)9-6-17-15(18-7-9)19-11-8-22-12-5-3-4-10(16)13(11)12/h3-7,11H,2,8H2,1H3,(H,17,18,19). The van der Waals surface area contributed by atoms with Crippen LogP contribution < -0.4 is 10.1 Å². The van der Waals surface area contributed by atoms with Gasteiger partial charge in [0.25, 0.3) is 0 Å². The summed E-state index contributed by atoms with van der Waals surface area (Å²) in [6.45, 7) is 2.51. The zero-order valence-electron chi connectivity index (χ0n) is 11.9. The third-order valence-electron chi connectivity index (χ3n) is 3.23. The largest absolute Gasteiger partial charge is 0.491 e. The lowest BCUT2D eigenvalue weighted by atomic mass is 10.1. The van der Waals surface area contributed by atoms with Crippen molar-refractivity contribution < 1.29 is 14.3 Å². The summed E-state index contributed by atoms with van der Waals surface area (Å²) in [5.74, 6) is 0.717. The highest BCUT2D eigenvalue weighted by atomic mass is 35.5. The molecule has 2 heterocycles. The van der Waals surface area contributed by atoms with Crippen molar-refractivity contribution in [2.24, 2.45) is 0 Å². The molecule has 1 atom stereocenters. The highest BCUT2D eigenvalue weighted by Gasteiger charge is 2.27. The predicted molar refractivity (Wildman–Crippen MR) is 81.3 cm³/mol. The van der Waals surface area contributed by atoms with Gasteiger partial charge in [0.15, 0.2) is 0 Å². The molecule has 0 saturated carbocycles. The number of esters is 1. The predicted octanol–water partition coefficient (Wildman–Crippen LogP) is 2.85. The molecule has 1 aromatic heterocycles. The van der Waals surface area contributed by atoms with Crippen LogP contribution in [0.4, 0.5) is 5.95 Å². The Kier molecular flexibility index (Phi) is 4.11. The van der Waals surface area contributed by atoms with E-state index in [4.69, 9.17) is 21.1 Å². The van der Waals surface area contributed by atoms with Crippen molar-refractivity contribution >= 4 is 23.5 Å². The quantitative estimate of drug-likeness (QED) is 0.874. The molecule has 0 amide bonds. The number of hydrogen-bond donors (Lipinski definition) is 1. The highest BCUT2D eigenvalue weighted by molar-refractivity contribution is 6.31. The molecule has 0 fully saturated rings. The molecular formula is C15H14ClN3O3. The number of rotatable bonds is 4. The van der Waals surface area contributed by atoms with E-state index in [2.05, 4.69) is 15.3 Å². The van der Waals surface area contributed by atoms with E-state index in [1.165, 1.54) is 12.4 Å². The monoisotopic (exact) mass is 319 g/mol. The smallest absolute Gasteiger partial charge is 0.341 e. The van der Waals surface area contributed by atoms with E-state index in [1.54, 1.807) is 6.92 Å². The fourth-order valence-corrected chi connectivity index (χ4v) is 2.53. The summed E-state index contributed by atoms with van der Waals surface area (Å²) in [7, 11) is 0. The Morgan fingerprint density at radius 1 is 1.45 bits per heavy atom. The van der Waals surface area contributed by atoms with E-state index in [0.717, 1.165) is 11.3 Å². The number of halogens is 1. The first-order chi connectivity index (χ1) is 10.7. The summed E-state index contributed by atoms with van der Waals surface area (Å²) in [6.07, 6.45) is 2.85. The summed E-state index contributed by atoms with van der Waals surface area (Å²) in [5, 5.41) is 3.79. The molecule has 1 aliphatic heterocycles. The van der Waals surface area contributed by atoms with Crippen LogP contribution in [0.1, 0.15) is 28.9 Å². The van der Waals surface area contributed by atoms with Crippen molar-refractivity contribution in [3.8, 4) is 5.75 Å². The third-order valence-corrected chi connectivity index (χ3v) is 3.56. The maximum atomic E-state index is 11.5. The summed E-state index contributed by atoms with van der Waals surface area (Å²) in [4.78, 5) is 19.8. The van der Waals surface area contributed by atoms with Crippen LogP contribution in [0.25, 0.3) is 0 Å². The maximum Gasteiger partial charge on any atom is 0.341 e. The first kappa shape index (κ1) is 14.6. The van der Waals surface area contributed by atoms with Gasteiger partial charge in [0.1, 0.15) is 12.4 Å².